The van der Waals surface area contributed by atoms with Gasteiger partial charge in [-0.2, -0.15) is 0 Å². The molecule has 16 heavy (non-hydrogen) atoms. The summed E-state index contributed by atoms with van der Waals surface area (Å²) in [5, 5.41) is 9.48. The standard InChI is InChI=1S/C13H26O2Si/c1-10-7-12(8-11(10)9-14)15-16(5,6)13(2,3)4/h12,14H,7-9H2,1-6H3. The molecule has 0 bridgehead atoms. The van der Waals surface area contributed by atoms with Crippen molar-refractivity contribution in [3.63, 3.8) is 0 Å². The molecule has 3 heteroatoms. The first kappa shape index (κ1) is 13.9. The number of hydrogen-bond acceptors (Lipinski definition) is 2. The van der Waals surface area contributed by atoms with Crippen molar-refractivity contribution in [3.8, 4) is 0 Å². The van der Waals surface area contributed by atoms with Gasteiger partial charge in [0.1, 0.15) is 0 Å². The van der Waals surface area contributed by atoms with Gasteiger partial charge in [0.25, 0.3) is 0 Å². The zero-order valence-electron chi connectivity index (χ0n) is 11.6. The van der Waals surface area contributed by atoms with Gasteiger partial charge < -0.3 is 9.53 Å². The number of aliphatic hydroxyl groups is 1. The molecule has 0 aromatic heterocycles. The molecule has 1 aliphatic rings. The molecule has 2 nitrogen and oxygen atoms in total. The van der Waals surface area contributed by atoms with E-state index in [-0.39, 0.29) is 11.6 Å². The van der Waals surface area contributed by atoms with Gasteiger partial charge in [-0.15, -0.1) is 0 Å². The first-order valence-corrected chi connectivity index (χ1v) is 9.04. The lowest BCUT2D eigenvalue weighted by Crippen LogP contribution is -2.43. The fourth-order valence-corrected chi connectivity index (χ4v) is 3.24. The van der Waals surface area contributed by atoms with Gasteiger partial charge in [-0.05, 0) is 43.5 Å². The van der Waals surface area contributed by atoms with E-state index in [1.807, 2.05) is 0 Å². The Morgan fingerprint density at radius 2 is 1.88 bits per heavy atom. The summed E-state index contributed by atoms with van der Waals surface area (Å²) in [6, 6.07) is 0. The van der Waals surface area contributed by atoms with Crippen LogP contribution < -0.4 is 0 Å². The second kappa shape index (κ2) is 4.63. The summed E-state index contributed by atoms with van der Waals surface area (Å²) in [7, 11) is -1.65. The second-order valence-electron chi connectivity index (χ2n) is 6.45. The quantitative estimate of drug-likeness (QED) is 0.606. The number of rotatable bonds is 3. The van der Waals surface area contributed by atoms with E-state index < -0.39 is 8.32 Å². The molecule has 0 heterocycles. The molecule has 0 saturated carbocycles. The highest BCUT2D eigenvalue weighted by Gasteiger charge is 2.40. The van der Waals surface area contributed by atoms with E-state index >= 15 is 0 Å². The van der Waals surface area contributed by atoms with E-state index in [1.54, 1.807) is 0 Å². The van der Waals surface area contributed by atoms with Crippen molar-refractivity contribution in [2.24, 2.45) is 0 Å². The summed E-state index contributed by atoms with van der Waals surface area (Å²) < 4.78 is 6.35. The van der Waals surface area contributed by atoms with Crippen LogP contribution in [0.25, 0.3) is 0 Å². The number of hydrogen-bond donors (Lipinski definition) is 1. The molecular formula is C13H26O2Si. The molecule has 0 aromatic carbocycles. The number of aliphatic hydroxyl groups excluding tert-OH is 1. The van der Waals surface area contributed by atoms with Crippen LogP contribution in [0.3, 0.4) is 0 Å². The normalized spacial score (nSPS) is 23.1. The Morgan fingerprint density at radius 1 is 1.31 bits per heavy atom. The molecule has 0 radical (unpaired) electrons. The van der Waals surface area contributed by atoms with Gasteiger partial charge in [-0.25, -0.2) is 0 Å². The van der Waals surface area contributed by atoms with Crippen molar-refractivity contribution in [2.45, 2.75) is 64.8 Å². The van der Waals surface area contributed by atoms with Crippen molar-refractivity contribution in [3.05, 3.63) is 11.1 Å². The van der Waals surface area contributed by atoms with Crippen LogP contribution in [0, 0.1) is 0 Å². The van der Waals surface area contributed by atoms with Gasteiger partial charge in [-0.1, -0.05) is 26.3 Å². The maximum Gasteiger partial charge on any atom is 0.192 e. The fraction of sp³-hybridized carbons (Fsp3) is 0.846. The third kappa shape index (κ3) is 2.96. The molecule has 1 rings (SSSR count). The average Bonchev–Trinajstić information content (AvgIpc) is 2.43. The SMILES string of the molecule is CC1=C(CO)CC(O[Si](C)(C)C(C)(C)C)C1. The second-order valence-corrected chi connectivity index (χ2v) is 11.2. The molecule has 0 spiro atoms. The van der Waals surface area contributed by atoms with E-state index in [0.29, 0.717) is 6.10 Å². The Hall–Kier alpha value is -0.123. The van der Waals surface area contributed by atoms with E-state index in [0.717, 1.165) is 12.8 Å². The molecule has 94 valence electrons. The van der Waals surface area contributed by atoms with Gasteiger partial charge in [0.2, 0.25) is 0 Å². The smallest absolute Gasteiger partial charge is 0.192 e. The third-order valence-electron chi connectivity index (χ3n) is 4.07. The third-order valence-corrected chi connectivity index (χ3v) is 8.60. The molecule has 1 aliphatic carbocycles. The monoisotopic (exact) mass is 242 g/mol. The van der Waals surface area contributed by atoms with Crippen LogP contribution in [0.4, 0.5) is 0 Å². The van der Waals surface area contributed by atoms with Crippen LogP contribution in [-0.2, 0) is 4.43 Å². The van der Waals surface area contributed by atoms with Crippen LogP contribution in [0.2, 0.25) is 18.1 Å². The molecule has 1 unspecified atom stereocenters. The maximum atomic E-state index is 9.21. The maximum absolute atomic E-state index is 9.21. The summed E-state index contributed by atoms with van der Waals surface area (Å²) in [6.07, 6.45) is 2.24. The van der Waals surface area contributed by atoms with Crippen LogP contribution in [0.5, 0.6) is 0 Å². The molecular weight excluding hydrogens is 216 g/mol. The Kier molecular flexibility index (Phi) is 4.03. The van der Waals surface area contributed by atoms with Crippen molar-refractivity contribution in [2.75, 3.05) is 6.61 Å². The molecule has 0 saturated heterocycles. The molecule has 0 aromatic rings. The van der Waals surface area contributed by atoms with Crippen LogP contribution >= 0.6 is 0 Å². The van der Waals surface area contributed by atoms with E-state index in [4.69, 9.17) is 4.43 Å². The lowest BCUT2D eigenvalue weighted by molar-refractivity contribution is 0.187. The topological polar surface area (TPSA) is 29.5 Å². The summed E-state index contributed by atoms with van der Waals surface area (Å²) >= 11 is 0. The van der Waals surface area contributed by atoms with Gasteiger partial charge in [0, 0.05) is 0 Å². The molecule has 0 aliphatic heterocycles. The first-order chi connectivity index (χ1) is 7.17. The van der Waals surface area contributed by atoms with E-state index in [1.165, 1.54) is 11.1 Å². The minimum absolute atomic E-state index is 0.198. The van der Waals surface area contributed by atoms with E-state index in [9.17, 15) is 5.11 Å². The zero-order chi connectivity index (χ0) is 12.6. The van der Waals surface area contributed by atoms with Crippen LogP contribution in [0.1, 0.15) is 40.5 Å². The van der Waals surface area contributed by atoms with Crippen LogP contribution in [0.15, 0.2) is 11.1 Å². The Balaban J connectivity index is 2.60. The predicted octanol–water partition coefficient (Wildman–Crippen LogP) is 3.48. The first-order valence-electron chi connectivity index (χ1n) is 6.13. The highest BCUT2D eigenvalue weighted by molar-refractivity contribution is 6.74. The lowest BCUT2D eigenvalue weighted by atomic mass is 10.2. The Bertz CT molecular complexity index is 287. The fourth-order valence-electron chi connectivity index (χ4n) is 1.88. The predicted molar refractivity (Wildman–Crippen MR) is 71.1 cm³/mol. The lowest BCUT2D eigenvalue weighted by Gasteiger charge is -2.38. The largest absolute Gasteiger partial charge is 0.413 e. The highest BCUT2D eigenvalue weighted by Crippen LogP contribution is 2.40. The summed E-state index contributed by atoms with van der Waals surface area (Å²) in [5.74, 6) is 0. The Labute approximate surface area is 101 Å². The summed E-state index contributed by atoms with van der Waals surface area (Å²) in [4.78, 5) is 0. The van der Waals surface area contributed by atoms with Crippen molar-refractivity contribution in [1.29, 1.82) is 0 Å². The molecule has 1 atom stereocenters. The zero-order valence-corrected chi connectivity index (χ0v) is 12.6. The molecule has 1 N–H and O–H groups in total. The van der Waals surface area contributed by atoms with Crippen molar-refractivity contribution >= 4 is 8.32 Å². The molecule has 0 fully saturated rings. The van der Waals surface area contributed by atoms with E-state index in [2.05, 4.69) is 40.8 Å². The Morgan fingerprint density at radius 3 is 2.25 bits per heavy atom. The van der Waals surface area contributed by atoms with Crippen molar-refractivity contribution < 1.29 is 9.53 Å². The summed E-state index contributed by atoms with van der Waals surface area (Å²) in [5.41, 5.74) is 2.51. The molecule has 0 amide bonds. The minimum Gasteiger partial charge on any atom is -0.413 e. The summed E-state index contributed by atoms with van der Waals surface area (Å²) in [6.45, 7) is 13.7. The van der Waals surface area contributed by atoms with Gasteiger partial charge in [0.15, 0.2) is 8.32 Å². The average molecular weight is 242 g/mol. The highest BCUT2D eigenvalue weighted by atomic mass is 28.4. The van der Waals surface area contributed by atoms with Crippen LogP contribution in [-0.4, -0.2) is 26.1 Å². The van der Waals surface area contributed by atoms with Crippen molar-refractivity contribution in [1.82, 2.24) is 0 Å². The van der Waals surface area contributed by atoms with Gasteiger partial charge in [-0.3, -0.25) is 0 Å². The van der Waals surface area contributed by atoms with Gasteiger partial charge >= 0.3 is 0 Å². The van der Waals surface area contributed by atoms with Gasteiger partial charge in [0.05, 0.1) is 12.7 Å². The minimum atomic E-state index is -1.65.